The Balaban J connectivity index is 1.20. The molecular formula is C29H34N4. The van der Waals surface area contributed by atoms with E-state index in [1.807, 2.05) is 12.5 Å². The maximum absolute atomic E-state index is 4.71. The average Bonchev–Trinajstić information content (AvgIpc) is 3.57. The number of hydrogen-bond donors (Lipinski definition) is 0. The van der Waals surface area contributed by atoms with E-state index in [2.05, 4.69) is 76.9 Å². The van der Waals surface area contributed by atoms with Crippen molar-refractivity contribution in [1.82, 2.24) is 19.1 Å². The van der Waals surface area contributed by atoms with Crippen LogP contribution in [0.15, 0.2) is 67.0 Å². The van der Waals surface area contributed by atoms with Crippen LogP contribution in [0.25, 0.3) is 16.7 Å². The molecule has 4 nitrogen and oxygen atoms in total. The fraction of sp³-hybridized carbons (Fsp3) is 0.517. The van der Waals surface area contributed by atoms with Crippen LogP contribution in [0.1, 0.15) is 64.8 Å². The molecule has 0 aliphatic heterocycles. The first kappa shape index (κ1) is 19.8. The van der Waals surface area contributed by atoms with Crippen molar-refractivity contribution in [1.29, 1.82) is 0 Å². The topological polar surface area (TPSA) is 35.6 Å². The molecule has 2 aromatic heterocycles. The van der Waals surface area contributed by atoms with Crippen LogP contribution in [-0.4, -0.2) is 19.1 Å². The summed E-state index contributed by atoms with van der Waals surface area (Å²) in [5.41, 5.74) is 6.23. The standard InChI is InChI=1S/C29H34N4/c1-28-13-11-21(32-16-15-30-18-32)17-20(28)7-8-22-23-9-10-27(29(23,2)14-12-24(22)28)33-19-31-25-5-3-4-6-26(25)33/h3-7,10,15-16,18-19,21-24H,8-9,11-14,17H2,1-2H3/t21-,22?,23?,24?,28?,29-/m0/s1. The van der Waals surface area contributed by atoms with Crippen molar-refractivity contribution in [3.8, 4) is 0 Å². The summed E-state index contributed by atoms with van der Waals surface area (Å²) in [6, 6.07) is 9.17. The fourth-order valence-electron chi connectivity index (χ4n) is 8.45. The van der Waals surface area contributed by atoms with Gasteiger partial charge in [0.15, 0.2) is 0 Å². The van der Waals surface area contributed by atoms with Gasteiger partial charge in [-0.15, -0.1) is 0 Å². The summed E-state index contributed by atoms with van der Waals surface area (Å²) in [6.07, 6.45) is 22.3. The number of fused-ring (bicyclic) bond motifs is 6. The van der Waals surface area contributed by atoms with Gasteiger partial charge in [0.05, 0.1) is 17.4 Å². The van der Waals surface area contributed by atoms with Crippen LogP contribution in [0.3, 0.4) is 0 Å². The first-order valence-electron chi connectivity index (χ1n) is 12.9. The quantitative estimate of drug-likeness (QED) is 0.409. The van der Waals surface area contributed by atoms with E-state index in [0.29, 0.717) is 11.5 Å². The second-order valence-electron chi connectivity index (χ2n) is 11.6. The number of para-hydroxylation sites is 2. The molecule has 6 atom stereocenters. The zero-order valence-corrected chi connectivity index (χ0v) is 19.8. The van der Waals surface area contributed by atoms with Gasteiger partial charge in [0, 0.05) is 29.5 Å². The second kappa shape index (κ2) is 6.94. The molecule has 0 N–H and O–H groups in total. The summed E-state index contributed by atoms with van der Waals surface area (Å²) < 4.78 is 4.74. The van der Waals surface area contributed by atoms with Crippen molar-refractivity contribution in [2.75, 3.05) is 0 Å². The van der Waals surface area contributed by atoms with Gasteiger partial charge in [0.25, 0.3) is 0 Å². The minimum absolute atomic E-state index is 0.250. The monoisotopic (exact) mass is 438 g/mol. The first-order valence-corrected chi connectivity index (χ1v) is 12.9. The van der Waals surface area contributed by atoms with Crippen molar-refractivity contribution in [3.63, 3.8) is 0 Å². The van der Waals surface area contributed by atoms with Crippen LogP contribution in [0, 0.1) is 28.6 Å². The number of allylic oxidation sites excluding steroid dienone is 4. The first-order chi connectivity index (χ1) is 16.1. The Morgan fingerprint density at radius 1 is 0.939 bits per heavy atom. The Hall–Kier alpha value is -2.62. The lowest BCUT2D eigenvalue weighted by molar-refractivity contribution is -0.0151. The third kappa shape index (κ3) is 2.70. The summed E-state index contributed by atoms with van der Waals surface area (Å²) in [4.78, 5) is 9.02. The van der Waals surface area contributed by atoms with E-state index in [-0.39, 0.29) is 5.41 Å². The molecule has 4 aliphatic carbocycles. The Kier molecular flexibility index (Phi) is 4.17. The molecule has 4 unspecified atom stereocenters. The molecule has 2 heterocycles. The third-order valence-electron chi connectivity index (χ3n) is 10.3. The lowest BCUT2D eigenvalue weighted by atomic mass is 9.47. The van der Waals surface area contributed by atoms with E-state index in [4.69, 9.17) is 4.98 Å². The maximum Gasteiger partial charge on any atom is 0.100 e. The van der Waals surface area contributed by atoms with Gasteiger partial charge in [-0.1, -0.05) is 43.7 Å². The van der Waals surface area contributed by atoms with E-state index in [9.17, 15) is 0 Å². The molecule has 0 bridgehead atoms. The Bertz CT molecular complexity index is 1260. The van der Waals surface area contributed by atoms with Crippen LogP contribution >= 0.6 is 0 Å². The van der Waals surface area contributed by atoms with Gasteiger partial charge in [0.2, 0.25) is 0 Å². The predicted octanol–water partition coefficient (Wildman–Crippen LogP) is 6.89. The third-order valence-corrected chi connectivity index (χ3v) is 10.3. The largest absolute Gasteiger partial charge is 0.334 e. The fourth-order valence-corrected chi connectivity index (χ4v) is 8.45. The van der Waals surface area contributed by atoms with Crippen molar-refractivity contribution in [3.05, 3.63) is 67.0 Å². The summed E-state index contributed by atoms with van der Waals surface area (Å²) in [5, 5.41) is 0. The molecule has 33 heavy (non-hydrogen) atoms. The zero-order chi connectivity index (χ0) is 22.2. The molecule has 7 rings (SSSR count). The number of rotatable bonds is 2. The summed E-state index contributed by atoms with van der Waals surface area (Å²) in [7, 11) is 0. The smallest absolute Gasteiger partial charge is 0.100 e. The van der Waals surface area contributed by atoms with Crippen LogP contribution < -0.4 is 0 Å². The SMILES string of the molecule is CC12CC[C@H](n3ccnc3)CC1=CCC1C2CC[C@]2(C)C(n3cnc4ccccc43)=CCC12. The average molecular weight is 439 g/mol. The molecule has 2 saturated carbocycles. The highest BCUT2D eigenvalue weighted by Gasteiger charge is 2.57. The molecule has 0 spiro atoms. The van der Waals surface area contributed by atoms with Gasteiger partial charge >= 0.3 is 0 Å². The minimum Gasteiger partial charge on any atom is -0.334 e. The van der Waals surface area contributed by atoms with E-state index in [1.54, 1.807) is 5.57 Å². The van der Waals surface area contributed by atoms with Gasteiger partial charge in [-0.05, 0) is 80.2 Å². The van der Waals surface area contributed by atoms with Crippen LogP contribution in [0.4, 0.5) is 0 Å². The number of benzene rings is 1. The van der Waals surface area contributed by atoms with Crippen LogP contribution in [0.2, 0.25) is 0 Å². The van der Waals surface area contributed by atoms with E-state index < -0.39 is 0 Å². The Labute approximate surface area is 196 Å². The molecule has 1 aromatic carbocycles. The van der Waals surface area contributed by atoms with Crippen molar-refractivity contribution in [2.45, 2.75) is 64.8 Å². The summed E-state index contributed by atoms with van der Waals surface area (Å²) in [5.74, 6) is 2.37. The summed E-state index contributed by atoms with van der Waals surface area (Å²) in [6.45, 7) is 5.16. The lowest BCUT2D eigenvalue weighted by Gasteiger charge is -2.58. The zero-order valence-electron chi connectivity index (χ0n) is 19.8. The maximum atomic E-state index is 4.71. The molecule has 3 aromatic rings. The minimum atomic E-state index is 0.250. The highest BCUT2D eigenvalue weighted by Crippen LogP contribution is 2.66. The molecule has 4 heteroatoms. The molecular weight excluding hydrogens is 404 g/mol. The highest BCUT2D eigenvalue weighted by atomic mass is 15.1. The van der Waals surface area contributed by atoms with Gasteiger partial charge in [0.1, 0.15) is 6.33 Å². The normalized spacial score (nSPS) is 37.8. The summed E-state index contributed by atoms with van der Waals surface area (Å²) >= 11 is 0. The van der Waals surface area contributed by atoms with Crippen molar-refractivity contribution >= 4 is 16.7 Å². The molecule has 2 fully saturated rings. The highest BCUT2D eigenvalue weighted by molar-refractivity contribution is 5.80. The number of hydrogen-bond acceptors (Lipinski definition) is 2. The van der Waals surface area contributed by atoms with Gasteiger partial charge in [-0.2, -0.15) is 0 Å². The second-order valence-corrected chi connectivity index (χ2v) is 11.6. The van der Waals surface area contributed by atoms with E-state index >= 15 is 0 Å². The molecule has 0 radical (unpaired) electrons. The van der Waals surface area contributed by atoms with Crippen molar-refractivity contribution < 1.29 is 0 Å². The van der Waals surface area contributed by atoms with Crippen LogP contribution in [0.5, 0.6) is 0 Å². The van der Waals surface area contributed by atoms with Gasteiger partial charge in [-0.25, -0.2) is 9.97 Å². The Morgan fingerprint density at radius 3 is 2.70 bits per heavy atom. The molecule has 4 aliphatic rings. The number of nitrogens with zero attached hydrogens (tertiary/aromatic N) is 4. The number of aromatic nitrogens is 4. The van der Waals surface area contributed by atoms with Crippen molar-refractivity contribution in [2.24, 2.45) is 28.6 Å². The Morgan fingerprint density at radius 2 is 1.82 bits per heavy atom. The van der Waals surface area contributed by atoms with E-state index in [0.717, 1.165) is 23.3 Å². The molecule has 0 saturated heterocycles. The number of imidazole rings is 2. The predicted molar refractivity (Wildman–Crippen MR) is 132 cm³/mol. The van der Waals surface area contributed by atoms with Crippen LogP contribution in [-0.2, 0) is 0 Å². The van der Waals surface area contributed by atoms with E-state index in [1.165, 1.54) is 56.2 Å². The molecule has 0 amide bonds. The van der Waals surface area contributed by atoms with Gasteiger partial charge in [-0.3, -0.25) is 0 Å². The van der Waals surface area contributed by atoms with Gasteiger partial charge < -0.3 is 9.13 Å². The molecule has 170 valence electrons. The lowest BCUT2D eigenvalue weighted by Crippen LogP contribution is -2.49.